The fourth-order valence-corrected chi connectivity index (χ4v) is 3.91. The quantitative estimate of drug-likeness (QED) is 0.520. The predicted octanol–water partition coefficient (Wildman–Crippen LogP) is 3.40. The monoisotopic (exact) mass is 439 g/mol. The Bertz CT molecular complexity index is 1090. The number of primary amides is 1. The lowest BCUT2D eigenvalue weighted by Gasteiger charge is -2.15. The van der Waals surface area contributed by atoms with Crippen LogP contribution in [0.15, 0.2) is 47.6 Å². The highest BCUT2D eigenvalue weighted by Gasteiger charge is 2.19. The SMILES string of the molecule is Cc1cc(C)cc(OC(C)c2nnc(SCC(=O)Nc3ccccc3C(N)=O)n2C)c1. The van der Waals surface area contributed by atoms with Crippen LogP contribution in [0.5, 0.6) is 5.75 Å². The van der Waals surface area contributed by atoms with Crippen molar-refractivity contribution < 1.29 is 14.3 Å². The van der Waals surface area contributed by atoms with E-state index in [1.54, 1.807) is 24.3 Å². The van der Waals surface area contributed by atoms with Gasteiger partial charge < -0.3 is 20.4 Å². The third-order valence-corrected chi connectivity index (χ3v) is 5.56. The summed E-state index contributed by atoms with van der Waals surface area (Å²) < 4.78 is 7.85. The minimum Gasteiger partial charge on any atom is -0.483 e. The number of anilines is 1. The molecule has 0 aliphatic carbocycles. The summed E-state index contributed by atoms with van der Waals surface area (Å²) in [5, 5.41) is 11.7. The number of carbonyl (C=O) groups excluding carboxylic acids is 2. The number of aromatic nitrogens is 3. The lowest BCUT2D eigenvalue weighted by molar-refractivity contribution is -0.113. The summed E-state index contributed by atoms with van der Waals surface area (Å²) in [6.45, 7) is 5.95. The zero-order valence-corrected chi connectivity index (χ0v) is 18.7. The number of aryl methyl sites for hydroxylation is 2. The molecule has 8 nitrogen and oxygen atoms in total. The minimum atomic E-state index is -0.598. The molecule has 9 heteroatoms. The van der Waals surface area contributed by atoms with Gasteiger partial charge >= 0.3 is 0 Å². The maximum atomic E-state index is 12.4. The van der Waals surface area contributed by atoms with Gasteiger partial charge in [-0.3, -0.25) is 9.59 Å². The van der Waals surface area contributed by atoms with Gasteiger partial charge in [0.05, 0.1) is 17.0 Å². The molecule has 0 fully saturated rings. The molecule has 0 aliphatic heterocycles. The summed E-state index contributed by atoms with van der Waals surface area (Å²) in [7, 11) is 1.83. The number of rotatable bonds is 8. The third kappa shape index (κ3) is 5.64. The van der Waals surface area contributed by atoms with Crippen LogP contribution in [0.2, 0.25) is 0 Å². The average Bonchev–Trinajstić information content (AvgIpc) is 3.06. The first-order valence-corrected chi connectivity index (χ1v) is 10.7. The van der Waals surface area contributed by atoms with E-state index in [-0.39, 0.29) is 23.3 Å². The number of benzene rings is 2. The normalized spacial score (nSPS) is 11.7. The molecule has 3 N–H and O–H groups in total. The van der Waals surface area contributed by atoms with Crippen molar-refractivity contribution in [2.24, 2.45) is 12.8 Å². The first-order valence-electron chi connectivity index (χ1n) is 9.70. The van der Waals surface area contributed by atoms with Gasteiger partial charge in [0.2, 0.25) is 5.91 Å². The van der Waals surface area contributed by atoms with Crippen LogP contribution in [-0.4, -0.2) is 32.3 Å². The van der Waals surface area contributed by atoms with Gasteiger partial charge in [-0.1, -0.05) is 30.0 Å². The summed E-state index contributed by atoms with van der Waals surface area (Å²) in [5.74, 6) is 0.656. The van der Waals surface area contributed by atoms with E-state index in [2.05, 4.69) is 21.6 Å². The van der Waals surface area contributed by atoms with E-state index in [9.17, 15) is 9.59 Å². The number of nitrogens with one attached hydrogen (secondary N) is 1. The maximum absolute atomic E-state index is 12.4. The van der Waals surface area contributed by atoms with Crippen molar-refractivity contribution >= 4 is 29.3 Å². The van der Waals surface area contributed by atoms with Gasteiger partial charge in [-0.2, -0.15) is 0 Å². The van der Waals surface area contributed by atoms with Crippen LogP contribution in [0.4, 0.5) is 5.69 Å². The number of thioether (sulfide) groups is 1. The molecule has 0 saturated carbocycles. The summed E-state index contributed by atoms with van der Waals surface area (Å²) in [6, 6.07) is 12.6. The summed E-state index contributed by atoms with van der Waals surface area (Å²) in [4.78, 5) is 23.8. The molecule has 1 aromatic heterocycles. The van der Waals surface area contributed by atoms with E-state index >= 15 is 0 Å². The summed E-state index contributed by atoms with van der Waals surface area (Å²) >= 11 is 1.24. The Hall–Kier alpha value is -3.33. The van der Waals surface area contributed by atoms with Gasteiger partial charge in [0, 0.05) is 7.05 Å². The predicted molar refractivity (Wildman–Crippen MR) is 120 cm³/mol. The summed E-state index contributed by atoms with van der Waals surface area (Å²) in [5.41, 5.74) is 8.25. The zero-order valence-electron chi connectivity index (χ0n) is 17.9. The van der Waals surface area contributed by atoms with Crippen LogP contribution in [0.3, 0.4) is 0 Å². The molecular formula is C22H25N5O3S. The Morgan fingerprint density at radius 1 is 1.16 bits per heavy atom. The van der Waals surface area contributed by atoms with Crippen molar-refractivity contribution in [1.82, 2.24) is 14.8 Å². The van der Waals surface area contributed by atoms with E-state index in [0.717, 1.165) is 16.9 Å². The van der Waals surface area contributed by atoms with Crippen molar-refractivity contribution in [3.05, 3.63) is 65.0 Å². The minimum absolute atomic E-state index is 0.103. The largest absolute Gasteiger partial charge is 0.483 e. The van der Waals surface area contributed by atoms with Gasteiger partial charge in [0.25, 0.3) is 5.91 Å². The molecule has 3 aromatic rings. The number of hydrogen-bond donors (Lipinski definition) is 2. The molecular weight excluding hydrogens is 414 g/mol. The lowest BCUT2D eigenvalue weighted by atomic mass is 10.1. The van der Waals surface area contributed by atoms with Crippen molar-refractivity contribution in [2.75, 3.05) is 11.1 Å². The Morgan fingerprint density at radius 3 is 2.52 bits per heavy atom. The molecule has 1 unspecified atom stereocenters. The summed E-state index contributed by atoms with van der Waals surface area (Å²) in [6.07, 6.45) is -0.315. The van der Waals surface area contributed by atoms with Crippen LogP contribution < -0.4 is 15.8 Å². The molecule has 2 aromatic carbocycles. The second-order valence-electron chi connectivity index (χ2n) is 7.23. The number of hydrogen-bond acceptors (Lipinski definition) is 6. The van der Waals surface area contributed by atoms with Gasteiger partial charge in [0.1, 0.15) is 5.75 Å². The number of para-hydroxylation sites is 1. The van der Waals surface area contributed by atoms with E-state index in [1.165, 1.54) is 11.8 Å². The smallest absolute Gasteiger partial charge is 0.250 e. The molecule has 0 bridgehead atoms. The first-order chi connectivity index (χ1) is 14.7. The standard InChI is InChI=1S/C22H25N5O3S/c1-13-9-14(2)11-16(10-13)30-15(3)21-25-26-22(27(21)4)31-12-19(28)24-18-8-6-5-7-17(18)20(23)29/h5-11,15H,12H2,1-4H3,(H2,23,29)(H,24,28). The highest BCUT2D eigenvalue weighted by Crippen LogP contribution is 2.25. The van der Waals surface area contributed by atoms with E-state index in [1.807, 2.05) is 44.5 Å². The molecule has 1 heterocycles. The van der Waals surface area contributed by atoms with Crippen LogP contribution in [0.1, 0.15) is 40.3 Å². The number of amides is 2. The molecule has 0 radical (unpaired) electrons. The van der Waals surface area contributed by atoms with Crippen molar-refractivity contribution in [1.29, 1.82) is 0 Å². The number of nitrogens with two attached hydrogens (primary N) is 1. The Morgan fingerprint density at radius 2 is 1.84 bits per heavy atom. The third-order valence-electron chi connectivity index (χ3n) is 4.54. The molecule has 0 aliphatic rings. The average molecular weight is 440 g/mol. The van der Waals surface area contributed by atoms with Gasteiger partial charge in [-0.25, -0.2) is 0 Å². The second-order valence-corrected chi connectivity index (χ2v) is 8.17. The molecule has 0 spiro atoms. The first kappa shape index (κ1) is 22.4. The fraction of sp³-hybridized carbons (Fsp3) is 0.273. The molecule has 162 valence electrons. The van der Waals surface area contributed by atoms with Gasteiger partial charge in [-0.05, 0) is 56.2 Å². The van der Waals surface area contributed by atoms with E-state index < -0.39 is 5.91 Å². The number of nitrogens with zero attached hydrogens (tertiary/aromatic N) is 3. The van der Waals surface area contributed by atoms with Crippen molar-refractivity contribution in [3.8, 4) is 5.75 Å². The van der Waals surface area contributed by atoms with Crippen LogP contribution in [0.25, 0.3) is 0 Å². The van der Waals surface area contributed by atoms with E-state index in [4.69, 9.17) is 10.5 Å². The fourth-order valence-electron chi connectivity index (χ4n) is 3.19. The van der Waals surface area contributed by atoms with Crippen LogP contribution in [0, 0.1) is 13.8 Å². The molecule has 0 saturated heterocycles. The number of ether oxygens (including phenoxy) is 1. The number of carbonyl (C=O) groups is 2. The topological polar surface area (TPSA) is 112 Å². The lowest BCUT2D eigenvalue weighted by Crippen LogP contribution is -2.19. The Kier molecular flexibility index (Phi) is 6.96. The second kappa shape index (κ2) is 9.65. The van der Waals surface area contributed by atoms with Gasteiger partial charge in [-0.15, -0.1) is 10.2 Å². The van der Waals surface area contributed by atoms with Crippen LogP contribution >= 0.6 is 11.8 Å². The van der Waals surface area contributed by atoms with Crippen molar-refractivity contribution in [3.63, 3.8) is 0 Å². The van der Waals surface area contributed by atoms with E-state index in [0.29, 0.717) is 16.7 Å². The highest BCUT2D eigenvalue weighted by atomic mass is 32.2. The molecule has 2 amide bonds. The molecule has 3 rings (SSSR count). The molecule has 1 atom stereocenters. The van der Waals surface area contributed by atoms with Crippen molar-refractivity contribution in [2.45, 2.75) is 32.0 Å². The highest BCUT2D eigenvalue weighted by molar-refractivity contribution is 7.99. The van der Waals surface area contributed by atoms with Crippen LogP contribution in [-0.2, 0) is 11.8 Å². The molecule has 31 heavy (non-hydrogen) atoms. The van der Waals surface area contributed by atoms with Gasteiger partial charge in [0.15, 0.2) is 17.1 Å². The Balaban J connectivity index is 1.62. The Labute approximate surface area is 185 Å². The zero-order chi connectivity index (χ0) is 22.5. The maximum Gasteiger partial charge on any atom is 0.250 e.